The standard InChI is InChI=1S/C9H16ClNO/c1-2-3-6-9(12)11-8-5-4-7-10/h4-5H,2-3,6-8H2,1H3,(H,11,12)/b5-4+. The van der Waals surface area contributed by atoms with Crippen molar-refractivity contribution < 1.29 is 4.79 Å². The molecule has 0 unspecified atom stereocenters. The second-order valence-corrected chi connectivity index (χ2v) is 2.84. The Kier molecular flexibility index (Phi) is 8.24. The number of rotatable bonds is 6. The molecule has 0 fully saturated rings. The number of alkyl halides is 1. The number of halogens is 1. The van der Waals surface area contributed by atoms with Crippen LogP contribution in [0.3, 0.4) is 0 Å². The highest BCUT2D eigenvalue weighted by atomic mass is 35.5. The van der Waals surface area contributed by atoms with Crippen LogP contribution in [0.15, 0.2) is 12.2 Å². The summed E-state index contributed by atoms with van der Waals surface area (Å²) in [5.41, 5.74) is 0. The molecule has 0 radical (unpaired) electrons. The minimum Gasteiger partial charge on any atom is -0.353 e. The third kappa shape index (κ3) is 7.61. The lowest BCUT2D eigenvalue weighted by Gasteiger charge is -1.99. The van der Waals surface area contributed by atoms with Gasteiger partial charge >= 0.3 is 0 Å². The highest BCUT2D eigenvalue weighted by molar-refractivity contribution is 6.18. The molecule has 0 aliphatic rings. The molecule has 0 aromatic rings. The lowest BCUT2D eigenvalue weighted by molar-refractivity contribution is -0.120. The van der Waals surface area contributed by atoms with Gasteiger partial charge in [-0.1, -0.05) is 25.5 Å². The van der Waals surface area contributed by atoms with Crippen LogP contribution in [0.2, 0.25) is 0 Å². The van der Waals surface area contributed by atoms with Crippen molar-refractivity contribution in [2.75, 3.05) is 12.4 Å². The second-order valence-electron chi connectivity index (χ2n) is 2.53. The minimum atomic E-state index is 0.121. The van der Waals surface area contributed by atoms with E-state index in [9.17, 15) is 4.79 Å². The molecule has 12 heavy (non-hydrogen) atoms. The van der Waals surface area contributed by atoms with Crippen LogP contribution in [0, 0.1) is 0 Å². The number of hydrogen-bond donors (Lipinski definition) is 1. The molecule has 0 aliphatic carbocycles. The van der Waals surface area contributed by atoms with Crippen molar-refractivity contribution in [1.82, 2.24) is 5.32 Å². The third-order valence-electron chi connectivity index (χ3n) is 1.43. The Morgan fingerprint density at radius 3 is 2.83 bits per heavy atom. The zero-order chi connectivity index (χ0) is 9.23. The van der Waals surface area contributed by atoms with Crippen molar-refractivity contribution in [3.63, 3.8) is 0 Å². The molecule has 0 bridgehead atoms. The molecule has 1 amide bonds. The van der Waals surface area contributed by atoms with Gasteiger partial charge in [0.2, 0.25) is 5.91 Å². The molecule has 0 aromatic heterocycles. The fourth-order valence-corrected chi connectivity index (χ4v) is 0.871. The molecule has 0 saturated heterocycles. The number of carbonyl (C=O) groups excluding carboxylic acids is 1. The zero-order valence-electron chi connectivity index (χ0n) is 7.48. The average molecular weight is 190 g/mol. The molecule has 1 N–H and O–H groups in total. The first-order chi connectivity index (χ1) is 5.81. The minimum absolute atomic E-state index is 0.121. The summed E-state index contributed by atoms with van der Waals surface area (Å²) in [5, 5.41) is 2.77. The average Bonchev–Trinajstić information content (AvgIpc) is 2.09. The van der Waals surface area contributed by atoms with Crippen molar-refractivity contribution in [2.24, 2.45) is 0 Å². The molecule has 0 spiro atoms. The van der Waals surface area contributed by atoms with Crippen LogP contribution in [0.5, 0.6) is 0 Å². The maximum Gasteiger partial charge on any atom is 0.220 e. The Balaban J connectivity index is 3.25. The van der Waals surface area contributed by atoms with E-state index in [0.717, 1.165) is 12.8 Å². The zero-order valence-corrected chi connectivity index (χ0v) is 8.23. The molecule has 0 rings (SSSR count). The number of nitrogens with one attached hydrogen (secondary N) is 1. The predicted octanol–water partition coefficient (Wildman–Crippen LogP) is 2.09. The highest BCUT2D eigenvalue weighted by Gasteiger charge is 1.95. The van der Waals surface area contributed by atoms with E-state index < -0.39 is 0 Å². The molecule has 0 atom stereocenters. The Bertz CT molecular complexity index is 145. The van der Waals surface area contributed by atoms with E-state index in [2.05, 4.69) is 12.2 Å². The van der Waals surface area contributed by atoms with Gasteiger partial charge in [-0.25, -0.2) is 0 Å². The van der Waals surface area contributed by atoms with Crippen molar-refractivity contribution in [2.45, 2.75) is 26.2 Å². The summed E-state index contributed by atoms with van der Waals surface area (Å²) in [5.74, 6) is 0.626. The van der Waals surface area contributed by atoms with E-state index in [1.54, 1.807) is 0 Å². The maximum absolute atomic E-state index is 11.0. The number of allylic oxidation sites excluding steroid dienone is 1. The fourth-order valence-electron chi connectivity index (χ4n) is 0.745. The van der Waals surface area contributed by atoms with Crippen LogP contribution in [0.25, 0.3) is 0 Å². The quantitative estimate of drug-likeness (QED) is 0.503. The van der Waals surface area contributed by atoms with Gasteiger partial charge in [-0.15, -0.1) is 11.6 Å². The van der Waals surface area contributed by atoms with E-state index in [0.29, 0.717) is 18.8 Å². The molecule has 0 heterocycles. The molecule has 2 nitrogen and oxygen atoms in total. The van der Waals surface area contributed by atoms with Crippen LogP contribution in [-0.4, -0.2) is 18.3 Å². The van der Waals surface area contributed by atoms with Gasteiger partial charge in [0.25, 0.3) is 0 Å². The van der Waals surface area contributed by atoms with Gasteiger partial charge in [0.1, 0.15) is 0 Å². The number of hydrogen-bond acceptors (Lipinski definition) is 1. The summed E-state index contributed by atoms with van der Waals surface area (Å²) in [7, 11) is 0. The fraction of sp³-hybridized carbons (Fsp3) is 0.667. The van der Waals surface area contributed by atoms with Crippen molar-refractivity contribution in [3.05, 3.63) is 12.2 Å². The summed E-state index contributed by atoms with van der Waals surface area (Å²) < 4.78 is 0. The molecule has 3 heteroatoms. The van der Waals surface area contributed by atoms with E-state index in [4.69, 9.17) is 11.6 Å². The summed E-state index contributed by atoms with van der Waals surface area (Å²) >= 11 is 5.40. The van der Waals surface area contributed by atoms with Gasteiger partial charge in [0.05, 0.1) is 0 Å². The van der Waals surface area contributed by atoms with E-state index in [1.807, 2.05) is 12.2 Å². The first-order valence-corrected chi connectivity index (χ1v) is 4.82. The van der Waals surface area contributed by atoms with Crippen molar-refractivity contribution >= 4 is 17.5 Å². The van der Waals surface area contributed by atoms with Crippen LogP contribution in [-0.2, 0) is 4.79 Å². The van der Waals surface area contributed by atoms with Crippen LogP contribution in [0.1, 0.15) is 26.2 Å². The van der Waals surface area contributed by atoms with Gasteiger partial charge in [-0.2, -0.15) is 0 Å². The van der Waals surface area contributed by atoms with Crippen LogP contribution >= 0.6 is 11.6 Å². The Labute approximate surface area is 79.0 Å². The molecule has 0 aromatic carbocycles. The SMILES string of the molecule is CCCCC(=O)NC/C=C/CCl. The molecule has 70 valence electrons. The largest absolute Gasteiger partial charge is 0.353 e. The topological polar surface area (TPSA) is 29.1 Å². The van der Waals surface area contributed by atoms with Crippen molar-refractivity contribution in [1.29, 1.82) is 0 Å². The third-order valence-corrected chi connectivity index (χ3v) is 1.61. The first kappa shape index (κ1) is 11.5. The molecular formula is C9H16ClNO. The lowest BCUT2D eigenvalue weighted by atomic mass is 10.2. The predicted molar refractivity (Wildman–Crippen MR) is 52.4 cm³/mol. The lowest BCUT2D eigenvalue weighted by Crippen LogP contribution is -2.22. The summed E-state index contributed by atoms with van der Waals surface area (Å²) in [6, 6.07) is 0. The van der Waals surface area contributed by atoms with Gasteiger partial charge in [-0.05, 0) is 6.42 Å². The van der Waals surface area contributed by atoms with E-state index in [-0.39, 0.29) is 5.91 Å². The van der Waals surface area contributed by atoms with E-state index in [1.165, 1.54) is 0 Å². The second kappa shape index (κ2) is 8.60. The monoisotopic (exact) mass is 189 g/mol. The van der Waals surface area contributed by atoms with Gasteiger partial charge in [-0.3, -0.25) is 4.79 Å². The Morgan fingerprint density at radius 1 is 1.50 bits per heavy atom. The number of unbranched alkanes of at least 4 members (excludes halogenated alkanes) is 1. The Morgan fingerprint density at radius 2 is 2.25 bits per heavy atom. The van der Waals surface area contributed by atoms with Gasteiger partial charge in [0, 0.05) is 18.8 Å². The Hall–Kier alpha value is -0.500. The van der Waals surface area contributed by atoms with E-state index >= 15 is 0 Å². The van der Waals surface area contributed by atoms with Crippen LogP contribution < -0.4 is 5.32 Å². The van der Waals surface area contributed by atoms with Crippen LogP contribution in [0.4, 0.5) is 0 Å². The number of carbonyl (C=O) groups is 1. The normalized spacial score (nSPS) is 10.5. The van der Waals surface area contributed by atoms with Crippen molar-refractivity contribution in [3.8, 4) is 0 Å². The number of amides is 1. The molecule has 0 aliphatic heterocycles. The highest BCUT2D eigenvalue weighted by Crippen LogP contribution is 1.92. The summed E-state index contributed by atoms with van der Waals surface area (Å²) in [6.45, 7) is 2.66. The van der Waals surface area contributed by atoms with Gasteiger partial charge < -0.3 is 5.32 Å². The maximum atomic E-state index is 11.0. The molecular weight excluding hydrogens is 174 g/mol. The molecule has 0 saturated carbocycles. The smallest absolute Gasteiger partial charge is 0.220 e. The summed E-state index contributed by atoms with van der Waals surface area (Å²) in [6.07, 6.45) is 6.33. The summed E-state index contributed by atoms with van der Waals surface area (Å²) in [4.78, 5) is 11.0. The first-order valence-electron chi connectivity index (χ1n) is 4.29. The van der Waals surface area contributed by atoms with Gasteiger partial charge in [0.15, 0.2) is 0 Å².